The van der Waals surface area contributed by atoms with E-state index in [2.05, 4.69) is 21.1 Å². The van der Waals surface area contributed by atoms with Gasteiger partial charge in [-0.2, -0.15) is 0 Å². The van der Waals surface area contributed by atoms with Crippen molar-refractivity contribution in [1.29, 1.82) is 0 Å². The van der Waals surface area contributed by atoms with Gasteiger partial charge in [0.25, 0.3) is 0 Å². The van der Waals surface area contributed by atoms with Crippen LogP contribution in [0.2, 0.25) is 0 Å². The van der Waals surface area contributed by atoms with Gasteiger partial charge >= 0.3 is 6.03 Å². The lowest BCUT2D eigenvalue weighted by Gasteiger charge is -2.36. The molecule has 1 aliphatic rings. The minimum absolute atomic E-state index is 0.0177. The summed E-state index contributed by atoms with van der Waals surface area (Å²) in [5.74, 6) is 0.764. The first-order chi connectivity index (χ1) is 11.1. The minimum Gasteiger partial charge on any atom is -0.361 e. The smallest absolute Gasteiger partial charge is 0.318 e. The molecule has 3 rings (SSSR count). The first kappa shape index (κ1) is 15.6. The number of aryl methyl sites for hydroxylation is 3. The Balaban J connectivity index is 1.71. The summed E-state index contributed by atoms with van der Waals surface area (Å²) in [6.45, 7) is 5.01. The fourth-order valence-electron chi connectivity index (χ4n) is 3.32. The molecule has 2 aromatic rings. The van der Waals surface area contributed by atoms with Gasteiger partial charge < -0.3 is 19.3 Å². The molecule has 1 saturated heterocycles. The maximum atomic E-state index is 12.7. The number of carbonyl (C=O) groups is 1. The molecule has 0 aromatic carbocycles. The van der Waals surface area contributed by atoms with Crippen LogP contribution in [0, 0.1) is 13.8 Å². The Morgan fingerprint density at radius 1 is 1.43 bits per heavy atom. The van der Waals surface area contributed by atoms with Crippen LogP contribution < -0.4 is 5.32 Å². The maximum Gasteiger partial charge on any atom is 0.318 e. The monoisotopic (exact) mass is 316 g/mol. The van der Waals surface area contributed by atoms with Crippen LogP contribution in [0.25, 0.3) is 0 Å². The third-order valence-corrected chi connectivity index (χ3v) is 4.69. The van der Waals surface area contributed by atoms with E-state index in [0.717, 1.165) is 42.8 Å². The van der Waals surface area contributed by atoms with Crippen molar-refractivity contribution in [2.45, 2.75) is 45.7 Å². The van der Waals surface area contributed by atoms with Gasteiger partial charge in [0.05, 0.1) is 11.7 Å². The van der Waals surface area contributed by atoms with Crippen LogP contribution >= 0.6 is 0 Å². The quantitative estimate of drug-likeness (QED) is 0.946. The molecule has 2 aromatic heterocycles. The Morgan fingerprint density at radius 3 is 2.91 bits per heavy atom. The molecule has 3 heterocycles. The fourth-order valence-corrected chi connectivity index (χ4v) is 3.32. The topological polar surface area (TPSA) is 63.3 Å². The highest BCUT2D eigenvalue weighted by molar-refractivity contribution is 5.75. The molecular weight excluding hydrogens is 292 g/mol. The summed E-state index contributed by atoms with van der Waals surface area (Å²) >= 11 is 0. The number of piperidine rings is 1. The van der Waals surface area contributed by atoms with Crippen LogP contribution in [0.15, 0.2) is 22.9 Å². The number of amides is 2. The Bertz CT molecular complexity index is 669. The normalized spacial score (nSPS) is 18.2. The highest BCUT2D eigenvalue weighted by atomic mass is 16.5. The van der Waals surface area contributed by atoms with E-state index in [0.29, 0.717) is 6.54 Å². The van der Waals surface area contributed by atoms with Gasteiger partial charge in [-0.15, -0.1) is 0 Å². The molecule has 1 N–H and O–H groups in total. The van der Waals surface area contributed by atoms with Gasteiger partial charge in [-0.3, -0.25) is 0 Å². The highest BCUT2D eigenvalue weighted by Crippen LogP contribution is 2.30. The largest absolute Gasteiger partial charge is 0.361 e. The zero-order valence-corrected chi connectivity index (χ0v) is 14.0. The third-order valence-electron chi connectivity index (χ3n) is 4.69. The van der Waals surface area contributed by atoms with Crippen LogP contribution in [0.3, 0.4) is 0 Å². The molecule has 124 valence electrons. The van der Waals surface area contributed by atoms with Crippen LogP contribution in [0.4, 0.5) is 4.79 Å². The number of hydrogen-bond acceptors (Lipinski definition) is 3. The van der Waals surface area contributed by atoms with Gasteiger partial charge in [-0.1, -0.05) is 5.16 Å². The van der Waals surface area contributed by atoms with Crippen LogP contribution in [0.5, 0.6) is 0 Å². The molecule has 0 saturated carbocycles. The molecule has 1 fully saturated rings. The summed E-state index contributed by atoms with van der Waals surface area (Å²) < 4.78 is 7.25. The predicted octanol–water partition coefficient (Wildman–Crippen LogP) is 3.07. The van der Waals surface area contributed by atoms with Gasteiger partial charge in [0.1, 0.15) is 5.76 Å². The summed E-state index contributed by atoms with van der Waals surface area (Å²) in [4.78, 5) is 14.6. The van der Waals surface area contributed by atoms with E-state index in [-0.39, 0.29) is 12.1 Å². The summed E-state index contributed by atoms with van der Waals surface area (Å²) in [5.41, 5.74) is 2.99. The van der Waals surface area contributed by atoms with Gasteiger partial charge in [0, 0.05) is 37.6 Å². The Hall–Kier alpha value is -2.24. The maximum absolute atomic E-state index is 12.7. The minimum atomic E-state index is -0.0177. The number of aromatic nitrogens is 2. The molecule has 23 heavy (non-hydrogen) atoms. The number of rotatable bonds is 3. The van der Waals surface area contributed by atoms with Crippen molar-refractivity contribution in [3.05, 3.63) is 41.0 Å². The molecule has 0 aliphatic carbocycles. The molecule has 2 amide bonds. The van der Waals surface area contributed by atoms with Crippen molar-refractivity contribution in [1.82, 2.24) is 19.9 Å². The number of hydrogen-bond donors (Lipinski definition) is 1. The molecule has 1 aliphatic heterocycles. The standard InChI is InChI=1S/C17H24N4O2/c1-12-14(13(2)23-19-12)11-18-17(22)21-10-5-4-7-16(21)15-8-6-9-20(15)3/h6,8-9,16H,4-5,7,10-11H2,1-3H3,(H,18,22)/t16-/m1/s1. The first-order valence-electron chi connectivity index (χ1n) is 8.15. The van der Waals surface area contributed by atoms with E-state index in [1.54, 1.807) is 0 Å². The van der Waals surface area contributed by atoms with Crippen molar-refractivity contribution >= 4 is 6.03 Å². The van der Waals surface area contributed by atoms with Crippen molar-refractivity contribution in [2.75, 3.05) is 6.54 Å². The van der Waals surface area contributed by atoms with Crippen LogP contribution in [0.1, 0.15) is 48.0 Å². The first-order valence-corrected chi connectivity index (χ1v) is 8.15. The SMILES string of the molecule is Cc1noc(C)c1CNC(=O)N1CCCC[C@@H]1c1cccn1C. The van der Waals surface area contributed by atoms with Crippen molar-refractivity contribution in [2.24, 2.45) is 7.05 Å². The number of carbonyl (C=O) groups excluding carboxylic acids is 1. The van der Waals surface area contributed by atoms with Crippen molar-refractivity contribution in [3.8, 4) is 0 Å². The average Bonchev–Trinajstić information content (AvgIpc) is 3.11. The van der Waals surface area contributed by atoms with E-state index < -0.39 is 0 Å². The fraction of sp³-hybridized carbons (Fsp3) is 0.529. The number of urea groups is 1. The summed E-state index contributed by atoms with van der Waals surface area (Å²) in [6, 6.07) is 4.26. The summed E-state index contributed by atoms with van der Waals surface area (Å²) in [7, 11) is 2.03. The Morgan fingerprint density at radius 2 is 2.26 bits per heavy atom. The van der Waals surface area contributed by atoms with Crippen molar-refractivity contribution < 1.29 is 9.32 Å². The average molecular weight is 316 g/mol. The van der Waals surface area contributed by atoms with Crippen molar-refractivity contribution in [3.63, 3.8) is 0 Å². The second kappa shape index (κ2) is 6.48. The lowest BCUT2D eigenvalue weighted by molar-refractivity contribution is 0.148. The molecule has 6 nitrogen and oxygen atoms in total. The van der Waals surface area contributed by atoms with E-state index in [1.165, 1.54) is 5.69 Å². The van der Waals surface area contributed by atoms with E-state index in [1.807, 2.05) is 38.1 Å². The molecular formula is C17H24N4O2. The molecule has 0 bridgehead atoms. The van der Waals surface area contributed by atoms with Gasteiger partial charge in [0.2, 0.25) is 0 Å². The van der Waals surface area contributed by atoms with Gasteiger partial charge in [-0.25, -0.2) is 4.79 Å². The second-order valence-electron chi connectivity index (χ2n) is 6.21. The highest BCUT2D eigenvalue weighted by Gasteiger charge is 2.29. The molecule has 1 atom stereocenters. The van der Waals surface area contributed by atoms with Crippen LogP contribution in [-0.2, 0) is 13.6 Å². The van der Waals surface area contributed by atoms with E-state index in [4.69, 9.17) is 4.52 Å². The van der Waals surface area contributed by atoms with E-state index >= 15 is 0 Å². The van der Waals surface area contributed by atoms with Crippen LogP contribution in [-0.4, -0.2) is 27.2 Å². The summed E-state index contributed by atoms with van der Waals surface area (Å²) in [6.07, 6.45) is 5.25. The Labute approximate surface area is 136 Å². The third kappa shape index (κ3) is 3.11. The molecule has 0 radical (unpaired) electrons. The molecule has 0 unspecified atom stereocenters. The zero-order chi connectivity index (χ0) is 16.4. The number of likely N-dealkylation sites (tertiary alicyclic amines) is 1. The molecule has 0 spiro atoms. The number of nitrogens with one attached hydrogen (secondary N) is 1. The second-order valence-corrected chi connectivity index (χ2v) is 6.21. The van der Waals surface area contributed by atoms with Gasteiger partial charge in [-0.05, 0) is 45.2 Å². The number of nitrogens with zero attached hydrogens (tertiary/aromatic N) is 3. The predicted molar refractivity (Wildman–Crippen MR) is 86.9 cm³/mol. The lowest BCUT2D eigenvalue weighted by atomic mass is 9.99. The molecule has 6 heteroatoms. The lowest BCUT2D eigenvalue weighted by Crippen LogP contribution is -2.44. The summed E-state index contributed by atoms with van der Waals surface area (Å²) in [5, 5.41) is 6.96. The van der Waals surface area contributed by atoms with E-state index in [9.17, 15) is 4.79 Å². The van der Waals surface area contributed by atoms with Gasteiger partial charge in [0.15, 0.2) is 0 Å². The zero-order valence-electron chi connectivity index (χ0n) is 14.0. The Kier molecular flexibility index (Phi) is 4.41.